The minimum Gasteiger partial charge on any atom is -0.385 e. The van der Waals surface area contributed by atoms with Crippen molar-refractivity contribution in [2.45, 2.75) is 25.0 Å². The summed E-state index contributed by atoms with van der Waals surface area (Å²) in [5, 5.41) is 20.7. The summed E-state index contributed by atoms with van der Waals surface area (Å²) in [6.45, 7) is 0.560. The number of hydrogen-bond donors (Lipinski definition) is 2. The van der Waals surface area contributed by atoms with Crippen LogP contribution in [0.1, 0.15) is 24.6 Å². The summed E-state index contributed by atoms with van der Waals surface area (Å²) in [7, 11) is 1.77. The van der Waals surface area contributed by atoms with E-state index in [1.54, 1.807) is 11.7 Å². The smallest absolute Gasteiger partial charge is 0.154 e. The molecular weight excluding hydrogens is 248 g/mol. The zero-order valence-corrected chi connectivity index (χ0v) is 9.53. The number of aliphatic hydroxyl groups excluding tert-OH is 1. The van der Waals surface area contributed by atoms with E-state index in [0.717, 1.165) is 5.69 Å². The number of hydrogen-bond acceptors (Lipinski definition) is 4. The van der Waals surface area contributed by atoms with Crippen molar-refractivity contribution in [1.82, 2.24) is 20.3 Å². The summed E-state index contributed by atoms with van der Waals surface area (Å²) < 4.78 is 2.20. The fourth-order valence-electron chi connectivity index (χ4n) is 1.35. The number of rotatable bonds is 4. The summed E-state index contributed by atoms with van der Waals surface area (Å²) in [6.07, 6.45) is 1.89. The van der Waals surface area contributed by atoms with Gasteiger partial charge in [-0.05, 0) is 28.8 Å². The lowest BCUT2D eigenvalue weighted by Crippen LogP contribution is -2.24. The third-order valence-corrected chi connectivity index (χ3v) is 2.88. The first kappa shape index (κ1) is 10.1. The van der Waals surface area contributed by atoms with Crippen molar-refractivity contribution in [3.8, 4) is 0 Å². The molecule has 1 heterocycles. The Labute approximate surface area is 90.6 Å². The van der Waals surface area contributed by atoms with Gasteiger partial charge in [0.05, 0.1) is 0 Å². The molecule has 0 amide bonds. The van der Waals surface area contributed by atoms with Gasteiger partial charge in [0.25, 0.3) is 0 Å². The lowest BCUT2D eigenvalue weighted by Gasteiger charge is -2.11. The van der Waals surface area contributed by atoms with Crippen molar-refractivity contribution in [3.05, 3.63) is 10.3 Å². The molecule has 6 heteroatoms. The van der Waals surface area contributed by atoms with Crippen molar-refractivity contribution in [2.24, 2.45) is 7.05 Å². The molecule has 1 atom stereocenters. The van der Waals surface area contributed by atoms with Gasteiger partial charge in [-0.3, -0.25) is 0 Å². The van der Waals surface area contributed by atoms with E-state index in [2.05, 4.69) is 31.6 Å². The molecule has 1 aromatic heterocycles. The van der Waals surface area contributed by atoms with Crippen LogP contribution in [0.3, 0.4) is 0 Å². The van der Waals surface area contributed by atoms with Gasteiger partial charge in [0.1, 0.15) is 11.8 Å². The maximum absolute atomic E-state index is 9.85. The summed E-state index contributed by atoms with van der Waals surface area (Å²) >= 11 is 3.26. The Morgan fingerprint density at radius 1 is 1.71 bits per heavy atom. The SMILES string of the molecule is Cn1nnc(Br)c1C(O)CNC1CC1. The van der Waals surface area contributed by atoms with Crippen LogP contribution >= 0.6 is 15.9 Å². The van der Waals surface area contributed by atoms with E-state index in [4.69, 9.17) is 0 Å². The Hall–Kier alpha value is -0.460. The zero-order valence-electron chi connectivity index (χ0n) is 7.94. The molecule has 1 unspecified atom stereocenters. The molecule has 0 aliphatic heterocycles. The first-order chi connectivity index (χ1) is 6.68. The lowest BCUT2D eigenvalue weighted by molar-refractivity contribution is 0.164. The third kappa shape index (κ3) is 2.13. The van der Waals surface area contributed by atoms with E-state index in [-0.39, 0.29) is 0 Å². The number of nitrogens with zero attached hydrogens (tertiary/aromatic N) is 3. The van der Waals surface area contributed by atoms with Crippen molar-refractivity contribution < 1.29 is 5.11 Å². The Morgan fingerprint density at radius 3 is 2.93 bits per heavy atom. The molecule has 1 aliphatic carbocycles. The maximum Gasteiger partial charge on any atom is 0.154 e. The second-order valence-corrected chi connectivity index (χ2v) is 4.34. The normalized spacial score (nSPS) is 18.5. The first-order valence-corrected chi connectivity index (χ1v) is 5.44. The summed E-state index contributed by atoms with van der Waals surface area (Å²) in [6, 6.07) is 0.601. The average Bonchev–Trinajstić information content (AvgIpc) is 2.90. The highest BCUT2D eigenvalue weighted by Crippen LogP contribution is 2.22. The van der Waals surface area contributed by atoms with Crippen molar-refractivity contribution in [1.29, 1.82) is 0 Å². The van der Waals surface area contributed by atoms with E-state index in [0.29, 0.717) is 17.2 Å². The highest BCUT2D eigenvalue weighted by Gasteiger charge is 2.23. The highest BCUT2D eigenvalue weighted by atomic mass is 79.9. The topological polar surface area (TPSA) is 63.0 Å². The molecule has 1 aliphatic rings. The van der Waals surface area contributed by atoms with Gasteiger partial charge in [0.2, 0.25) is 0 Å². The number of aromatic nitrogens is 3. The number of aliphatic hydroxyl groups is 1. The van der Waals surface area contributed by atoms with Crippen molar-refractivity contribution >= 4 is 15.9 Å². The van der Waals surface area contributed by atoms with Crippen molar-refractivity contribution in [3.63, 3.8) is 0 Å². The monoisotopic (exact) mass is 260 g/mol. The highest BCUT2D eigenvalue weighted by molar-refractivity contribution is 9.10. The largest absolute Gasteiger partial charge is 0.385 e. The Kier molecular flexibility index (Phi) is 2.85. The van der Waals surface area contributed by atoms with Crippen LogP contribution < -0.4 is 5.32 Å². The second-order valence-electron chi connectivity index (χ2n) is 3.59. The standard InChI is InChI=1S/C8H13BrN4O/c1-13-7(8(9)11-12-13)6(14)4-10-5-2-3-5/h5-6,10,14H,2-4H2,1H3. The molecule has 0 bridgehead atoms. The summed E-state index contributed by atoms with van der Waals surface area (Å²) in [4.78, 5) is 0. The van der Waals surface area contributed by atoms with Gasteiger partial charge >= 0.3 is 0 Å². The number of halogens is 1. The third-order valence-electron chi connectivity index (χ3n) is 2.32. The average molecular weight is 261 g/mol. The lowest BCUT2D eigenvalue weighted by atomic mass is 10.2. The van der Waals surface area contributed by atoms with Crippen LogP contribution in [-0.2, 0) is 7.05 Å². The van der Waals surface area contributed by atoms with E-state index >= 15 is 0 Å². The molecule has 14 heavy (non-hydrogen) atoms. The van der Waals surface area contributed by atoms with E-state index in [1.165, 1.54) is 12.8 Å². The van der Waals surface area contributed by atoms with Gasteiger partial charge in [0.15, 0.2) is 4.60 Å². The predicted molar refractivity (Wildman–Crippen MR) is 54.7 cm³/mol. The molecule has 78 valence electrons. The Balaban J connectivity index is 1.97. The van der Waals surface area contributed by atoms with Gasteiger partial charge in [-0.15, -0.1) is 5.10 Å². The molecule has 5 nitrogen and oxygen atoms in total. The van der Waals surface area contributed by atoms with Gasteiger partial charge in [-0.25, -0.2) is 4.68 Å². The van der Waals surface area contributed by atoms with Crippen LogP contribution in [0.25, 0.3) is 0 Å². The molecule has 2 rings (SSSR count). The molecule has 1 fully saturated rings. The van der Waals surface area contributed by atoms with Gasteiger partial charge in [0, 0.05) is 19.6 Å². The Morgan fingerprint density at radius 2 is 2.43 bits per heavy atom. The summed E-state index contributed by atoms with van der Waals surface area (Å²) in [5.74, 6) is 0. The Bertz CT molecular complexity index is 304. The van der Waals surface area contributed by atoms with E-state index < -0.39 is 6.10 Å². The second kappa shape index (κ2) is 3.96. The van der Waals surface area contributed by atoms with Crippen LogP contribution in [-0.4, -0.2) is 32.7 Å². The molecule has 0 spiro atoms. The van der Waals surface area contributed by atoms with Crippen LogP contribution in [0, 0.1) is 0 Å². The van der Waals surface area contributed by atoms with Gasteiger partial charge in [-0.2, -0.15) is 0 Å². The predicted octanol–water partition coefficient (Wildman–Crippen LogP) is 0.363. The van der Waals surface area contributed by atoms with Gasteiger partial charge < -0.3 is 10.4 Å². The van der Waals surface area contributed by atoms with Crippen molar-refractivity contribution in [2.75, 3.05) is 6.54 Å². The number of aryl methyl sites for hydroxylation is 1. The molecule has 1 saturated carbocycles. The van der Waals surface area contributed by atoms with Crippen LogP contribution in [0.2, 0.25) is 0 Å². The quantitative estimate of drug-likeness (QED) is 0.821. The molecule has 2 N–H and O–H groups in total. The fraction of sp³-hybridized carbons (Fsp3) is 0.750. The minimum absolute atomic E-state index is 0.551. The van der Waals surface area contributed by atoms with Gasteiger partial charge in [-0.1, -0.05) is 5.21 Å². The van der Waals surface area contributed by atoms with Crippen LogP contribution in [0.15, 0.2) is 4.60 Å². The zero-order chi connectivity index (χ0) is 10.1. The molecule has 1 aromatic rings. The van der Waals surface area contributed by atoms with Crippen LogP contribution in [0.4, 0.5) is 0 Å². The minimum atomic E-state index is -0.551. The first-order valence-electron chi connectivity index (χ1n) is 4.65. The maximum atomic E-state index is 9.85. The molecular formula is C8H13BrN4O. The fourth-order valence-corrected chi connectivity index (χ4v) is 1.95. The van der Waals surface area contributed by atoms with E-state index in [1.807, 2.05) is 0 Å². The van der Waals surface area contributed by atoms with Crippen LogP contribution in [0.5, 0.6) is 0 Å². The molecule has 0 aromatic carbocycles. The van der Waals surface area contributed by atoms with E-state index in [9.17, 15) is 5.11 Å². The molecule has 0 saturated heterocycles. The number of nitrogens with one attached hydrogen (secondary N) is 1. The summed E-state index contributed by atoms with van der Waals surface area (Å²) in [5.41, 5.74) is 0.721. The molecule has 0 radical (unpaired) electrons.